The molecule has 1 aromatic heterocycles. The molecule has 2 rings (SSSR count). The highest BCUT2D eigenvalue weighted by molar-refractivity contribution is 7.91. The van der Waals surface area contributed by atoms with Gasteiger partial charge in [-0.3, -0.25) is 0 Å². The van der Waals surface area contributed by atoms with Gasteiger partial charge in [0.15, 0.2) is 9.84 Å². The molecular formula is C12H20N4O2S. The molecule has 6 nitrogen and oxygen atoms in total. The zero-order valence-electron chi connectivity index (χ0n) is 11.5. The van der Waals surface area contributed by atoms with E-state index in [9.17, 15) is 8.42 Å². The molecule has 0 amide bonds. The van der Waals surface area contributed by atoms with Gasteiger partial charge < -0.3 is 10.2 Å². The van der Waals surface area contributed by atoms with Crippen LogP contribution in [0.1, 0.15) is 18.9 Å². The maximum Gasteiger partial charge on any atom is 0.152 e. The van der Waals surface area contributed by atoms with E-state index < -0.39 is 9.84 Å². The van der Waals surface area contributed by atoms with Crippen LogP contribution in [-0.2, 0) is 16.3 Å². The number of rotatable bonds is 4. The summed E-state index contributed by atoms with van der Waals surface area (Å²) < 4.78 is 23.2. The first kappa shape index (κ1) is 14.0. The number of nitrogens with zero attached hydrogens (tertiary/aromatic N) is 3. The van der Waals surface area contributed by atoms with E-state index in [2.05, 4.69) is 15.3 Å². The molecule has 1 atom stereocenters. The van der Waals surface area contributed by atoms with Crippen molar-refractivity contribution in [2.75, 3.05) is 35.8 Å². The van der Waals surface area contributed by atoms with E-state index in [-0.39, 0.29) is 17.5 Å². The molecule has 19 heavy (non-hydrogen) atoms. The monoisotopic (exact) mass is 284 g/mol. The lowest BCUT2D eigenvalue weighted by molar-refractivity contribution is 0.600. The summed E-state index contributed by atoms with van der Waals surface area (Å²) in [6.45, 7) is 2.04. The number of sulfone groups is 1. The second kappa shape index (κ2) is 5.32. The number of hydrogen-bond acceptors (Lipinski definition) is 6. The molecule has 1 aromatic rings. The molecule has 1 aliphatic rings. The second-order valence-electron chi connectivity index (χ2n) is 4.80. The molecule has 0 spiro atoms. The standard InChI is InChI=1S/C12H20N4O2S/c1-4-10-11(13-2)14-8-15-12(10)16(3)9-5-6-19(17,18)7-9/h8-9H,4-7H2,1-3H3,(H,13,14,15). The minimum atomic E-state index is -2.88. The second-order valence-corrected chi connectivity index (χ2v) is 7.02. The maximum absolute atomic E-state index is 11.6. The number of aromatic nitrogens is 2. The minimum Gasteiger partial charge on any atom is -0.373 e. The van der Waals surface area contributed by atoms with Gasteiger partial charge in [0.05, 0.1) is 11.5 Å². The SMILES string of the molecule is CCc1c(NC)ncnc1N(C)C1CCS(=O)(=O)C1. The molecular weight excluding hydrogens is 264 g/mol. The first-order valence-corrected chi connectivity index (χ1v) is 8.25. The first-order valence-electron chi connectivity index (χ1n) is 6.43. The Morgan fingerprint density at radius 1 is 1.47 bits per heavy atom. The van der Waals surface area contributed by atoms with Crippen LogP contribution in [0, 0.1) is 0 Å². The van der Waals surface area contributed by atoms with Gasteiger partial charge in [0.1, 0.15) is 18.0 Å². The predicted molar refractivity (Wildman–Crippen MR) is 76.4 cm³/mol. The largest absolute Gasteiger partial charge is 0.373 e. The summed E-state index contributed by atoms with van der Waals surface area (Å²) >= 11 is 0. The lowest BCUT2D eigenvalue weighted by atomic mass is 10.1. The van der Waals surface area contributed by atoms with E-state index >= 15 is 0 Å². The summed E-state index contributed by atoms with van der Waals surface area (Å²) in [4.78, 5) is 10.5. The van der Waals surface area contributed by atoms with Gasteiger partial charge in [0.25, 0.3) is 0 Å². The van der Waals surface area contributed by atoms with Gasteiger partial charge in [-0.15, -0.1) is 0 Å². The molecule has 0 aromatic carbocycles. The molecule has 0 radical (unpaired) electrons. The van der Waals surface area contributed by atoms with Crippen LogP contribution in [0.5, 0.6) is 0 Å². The number of nitrogens with one attached hydrogen (secondary N) is 1. The van der Waals surface area contributed by atoms with Crippen LogP contribution in [0.15, 0.2) is 6.33 Å². The molecule has 2 heterocycles. The van der Waals surface area contributed by atoms with Crippen LogP contribution in [0.25, 0.3) is 0 Å². The molecule has 0 saturated carbocycles. The van der Waals surface area contributed by atoms with Crippen LogP contribution >= 0.6 is 0 Å². The predicted octanol–water partition coefficient (Wildman–Crippen LogP) is 0.704. The Balaban J connectivity index is 2.31. The van der Waals surface area contributed by atoms with E-state index in [0.29, 0.717) is 6.42 Å². The van der Waals surface area contributed by atoms with E-state index in [4.69, 9.17) is 0 Å². The normalized spacial score (nSPS) is 21.3. The van der Waals surface area contributed by atoms with Gasteiger partial charge in [-0.25, -0.2) is 18.4 Å². The molecule has 106 valence electrons. The van der Waals surface area contributed by atoms with Crippen molar-refractivity contribution >= 4 is 21.5 Å². The highest BCUT2D eigenvalue weighted by Crippen LogP contribution is 2.27. The van der Waals surface area contributed by atoms with Crippen molar-refractivity contribution in [2.45, 2.75) is 25.8 Å². The summed E-state index contributed by atoms with van der Waals surface area (Å²) in [5.41, 5.74) is 1.02. The van der Waals surface area contributed by atoms with Gasteiger partial charge in [-0.2, -0.15) is 0 Å². The summed E-state index contributed by atoms with van der Waals surface area (Å²) in [6, 6.07) is 0.00917. The zero-order chi connectivity index (χ0) is 14.0. The maximum atomic E-state index is 11.6. The molecule has 0 aliphatic carbocycles. The quantitative estimate of drug-likeness (QED) is 0.877. The summed E-state index contributed by atoms with van der Waals surface area (Å²) in [6.07, 6.45) is 2.98. The van der Waals surface area contributed by atoms with Crippen LogP contribution in [0.2, 0.25) is 0 Å². The Kier molecular flexibility index (Phi) is 3.93. The van der Waals surface area contributed by atoms with Crippen LogP contribution in [-0.4, -0.2) is 50.0 Å². The van der Waals surface area contributed by atoms with Crippen LogP contribution in [0.3, 0.4) is 0 Å². The molecule has 1 N–H and O–H groups in total. The Morgan fingerprint density at radius 3 is 2.74 bits per heavy atom. The van der Waals surface area contributed by atoms with E-state index in [0.717, 1.165) is 23.6 Å². The highest BCUT2D eigenvalue weighted by Gasteiger charge is 2.32. The van der Waals surface area contributed by atoms with Crippen molar-refractivity contribution < 1.29 is 8.42 Å². The molecule has 7 heteroatoms. The highest BCUT2D eigenvalue weighted by atomic mass is 32.2. The fourth-order valence-electron chi connectivity index (χ4n) is 2.50. The van der Waals surface area contributed by atoms with Crippen molar-refractivity contribution in [3.8, 4) is 0 Å². The number of hydrogen-bond donors (Lipinski definition) is 1. The van der Waals surface area contributed by atoms with Crippen molar-refractivity contribution in [1.29, 1.82) is 0 Å². The molecule has 1 unspecified atom stereocenters. The van der Waals surface area contributed by atoms with Crippen molar-refractivity contribution in [1.82, 2.24) is 9.97 Å². The lowest BCUT2D eigenvalue weighted by Gasteiger charge is -2.27. The minimum absolute atomic E-state index is 0.00917. The fraction of sp³-hybridized carbons (Fsp3) is 0.667. The molecule has 1 fully saturated rings. The smallest absolute Gasteiger partial charge is 0.152 e. The lowest BCUT2D eigenvalue weighted by Crippen LogP contribution is -2.34. The van der Waals surface area contributed by atoms with Crippen LogP contribution < -0.4 is 10.2 Å². The van der Waals surface area contributed by atoms with Crippen molar-refractivity contribution in [3.63, 3.8) is 0 Å². The Hall–Kier alpha value is -1.37. The third kappa shape index (κ3) is 2.80. The van der Waals surface area contributed by atoms with Crippen molar-refractivity contribution in [3.05, 3.63) is 11.9 Å². The third-order valence-corrected chi connectivity index (χ3v) is 5.35. The van der Waals surface area contributed by atoms with Gasteiger partial charge >= 0.3 is 0 Å². The first-order chi connectivity index (χ1) is 8.98. The van der Waals surface area contributed by atoms with E-state index in [1.165, 1.54) is 6.33 Å². The Morgan fingerprint density at radius 2 is 2.21 bits per heavy atom. The summed E-state index contributed by atoms with van der Waals surface area (Å²) in [7, 11) is 0.849. The molecule has 0 bridgehead atoms. The average Bonchev–Trinajstić information content (AvgIpc) is 2.77. The zero-order valence-corrected chi connectivity index (χ0v) is 12.4. The Labute approximate surface area is 114 Å². The van der Waals surface area contributed by atoms with Gasteiger partial charge in [0, 0.05) is 25.7 Å². The van der Waals surface area contributed by atoms with E-state index in [1.807, 2.05) is 25.9 Å². The molecule has 1 aliphatic heterocycles. The van der Waals surface area contributed by atoms with Crippen molar-refractivity contribution in [2.24, 2.45) is 0 Å². The van der Waals surface area contributed by atoms with Gasteiger partial charge in [-0.1, -0.05) is 6.92 Å². The van der Waals surface area contributed by atoms with Gasteiger partial charge in [0.2, 0.25) is 0 Å². The average molecular weight is 284 g/mol. The molecule has 1 saturated heterocycles. The summed E-state index contributed by atoms with van der Waals surface area (Å²) in [5.74, 6) is 2.11. The van der Waals surface area contributed by atoms with Crippen LogP contribution in [0.4, 0.5) is 11.6 Å². The topological polar surface area (TPSA) is 75.2 Å². The van der Waals surface area contributed by atoms with E-state index in [1.54, 1.807) is 0 Å². The summed E-state index contributed by atoms with van der Waals surface area (Å²) in [5, 5.41) is 3.05. The van der Waals surface area contributed by atoms with Gasteiger partial charge in [-0.05, 0) is 12.8 Å². The third-order valence-electron chi connectivity index (χ3n) is 3.60. The Bertz CT molecular complexity index is 559. The fourth-order valence-corrected chi connectivity index (χ4v) is 4.28. The number of anilines is 2.